The maximum atomic E-state index is 5.90. The van der Waals surface area contributed by atoms with Crippen LogP contribution in [0.1, 0.15) is 5.56 Å². The standard InChI is InChI=1S/C16H12ClNO/c1-11-6-7-15(14-5-3-2-4-13(11)14)19-12-8-9-18-16(17)10-12/h2-10H,1H3. The molecule has 1 aromatic heterocycles. The van der Waals surface area contributed by atoms with Crippen LogP contribution in [0.4, 0.5) is 0 Å². The normalized spacial score (nSPS) is 10.6. The second-order valence-electron chi connectivity index (χ2n) is 4.34. The fraction of sp³-hybridized carbons (Fsp3) is 0.0625. The molecule has 0 fully saturated rings. The van der Waals surface area contributed by atoms with Crippen molar-refractivity contribution in [3.63, 3.8) is 0 Å². The van der Waals surface area contributed by atoms with Crippen LogP contribution in [0.5, 0.6) is 11.5 Å². The quantitative estimate of drug-likeness (QED) is 0.612. The number of hydrogen-bond donors (Lipinski definition) is 0. The van der Waals surface area contributed by atoms with Crippen LogP contribution in [-0.4, -0.2) is 4.98 Å². The van der Waals surface area contributed by atoms with Crippen LogP contribution in [0.3, 0.4) is 0 Å². The van der Waals surface area contributed by atoms with E-state index in [4.69, 9.17) is 16.3 Å². The summed E-state index contributed by atoms with van der Waals surface area (Å²) in [4.78, 5) is 3.94. The Kier molecular flexibility index (Phi) is 3.10. The van der Waals surface area contributed by atoms with Crippen LogP contribution in [0.2, 0.25) is 5.15 Å². The molecule has 94 valence electrons. The van der Waals surface area contributed by atoms with Gasteiger partial charge in [0.2, 0.25) is 0 Å². The highest BCUT2D eigenvalue weighted by molar-refractivity contribution is 6.29. The van der Waals surface area contributed by atoms with Crippen molar-refractivity contribution in [3.8, 4) is 11.5 Å². The summed E-state index contributed by atoms with van der Waals surface area (Å²) in [6, 6.07) is 15.7. The molecule has 0 atom stereocenters. The maximum Gasteiger partial charge on any atom is 0.135 e. The molecule has 0 unspecified atom stereocenters. The minimum absolute atomic E-state index is 0.425. The minimum atomic E-state index is 0.425. The van der Waals surface area contributed by atoms with Crippen LogP contribution < -0.4 is 4.74 Å². The van der Waals surface area contributed by atoms with Gasteiger partial charge < -0.3 is 4.74 Å². The molecule has 3 heteroatoms. The van der Waals surface area contributed by atoms with Gasteiger partial charge in [0.05, 0.1) is 0 Å². The van der Waals surface area contributed by atoms with E-state index in [-0.39, 0.29) is 0 Å². The predicted octanol–water partition coefficient (Wildman–Crippen LogP) is 4.99. The average Bonchev–Trinajstić information content (AvgIpc) is 2.42. The molecule has 0 amide bonds. The number of aryl methyl sites for hydroxylation is 1. The zero-order valence-corrected chi connectivity index (χ0v) is 11.2. The van der Waals surface area contributed by atoms with Crippen molar-refractivity contribution in [1.29, 1.82) is 0 Å². The molecule has 3 rings (SSSR count). The molecule has 3 aromatic rings. The number of fused-ring (bicyclic) bond motifs is 1. The van der Waals surface area contributed by atoms with E-state index in [1.807, 2.05) is 18.2 Å². The van der Waals surface area contributed by atoms with Gasteiger partial charge in [-0.3, -0.25) is 0 Å². The predicted molar refractivity (Wildman–Crippen MR) is 78.0 cm³/mol. The van der Waals surface area contributed by atoms with E-state index in [0.717, 1.165) is 11.1 Å². The summed E-state index contributed by atoms with van der Waals surface area (Å²) in [7, 11) is 0. The second-order valence-corrected chi connectivity index (χ2v) is 4.73. The summed E-state index contributed by atoms with van der Waals surface area (Å²) >= 11 is 5.86. The largest absolute Gasteiger partial charge is 0.457 e. The Morgan fingerprint density at radius 3 is 2.58 bits per heavy atom. The first-order valence-electron chi connectivity index (χ1n) is 6.02. The van der Waals surface area contributed by atoms with Crippen molar-refractivity contribution in [2.24, 2.45) is 0 Å². The molecule has 2 nitrogen and oxygen atoms in total. The van der Waals surface area contributed by atoms with E-state index in [0.29, 0.717) is 10.9 Å². The van der Waals surface area contributed by atoms with E-state index < -0.39 is 0 Å². The van der Waals surface area contributed by atoms with Crippen molar-refractivity contribution in [1.82, 2.24) is 4.98 Å². The minimum Gasteiger partial charge on any atom is -0.457 e. The molecule has 0 spiro atoms. The van der Waals surface area contributed by atoms with Gasteiger partial charge in [-0.25, -0.2) is 4.98 Å². The third-order valence-electron chi connectivity index (χ3n) is 3.03. The van der Waals surface area contributed by atoms with Gasteiger partial charge in [0.25, 0.3) is 0 Å². The fourth-order valence-corrected chi connectivity index (χ4v) is 2.25. The van der Waals surface area contributed by atoms with Crippen molar-refractivity contribution < 1.29 is 4.74 Å². The highest BCUT2D eigenvalue weighted by atomic mass is 35.5. The molecule has 1 heterocycles. The molecule has 0 aliphatic carbocycles. The Bertz CT molecular complexity index is 740. The molecule has 0 radical (unpaired) electrons. The lowest BCUT2D eigenvalue weighted by Gasteiger charge is -2.10. The SMILES string of the molecule is Cc1ccc(Oc2ccnc(Cl)c2)c2ccccc12. The summed E-state index contributed by atoms with van der Waals surface area (Å²) in [6.07, 6.45) is 1.63. The van der Waals surface area contributed by atoms with Gasteiger partial charge in [0, 0.05) is 17.6 Å². The first kappa shape index (κ1) is 12.0. The monoisotopic (exact) mass is 269 g/mol. The van der Waals surface area contributed by atoms with Gasteiger partial charge in [-0.15, -0.1) is 0 Å². The molecular formula is C16H12ClNO. The van der Waals surface area contributed by atoms with Crippen LogP contribution >= 0.6 is 11.6 Å². The number of nitrogens with zero attached hydrogens (tertiary/aromatic N) is 1. The summed E-state index contributed by atoms with van der Waals surface area (Å²) < 4.78 is 5.90. The number of benzene rings is 2. The van der Waals surface area contributed by atoms with E-state index in [1.165, 1.54) is 10.9 Å². The number of hydrogen-bond acceptors (Lipinski definition) is 2. The molecule has 0 aliphatic heterocycles. The number of ether oxygens (including phenoxy) is 1. The highest BCUT2D eigenvalue weighted by Crippen LogP contribution is 2.32. The summed E-state index contributed by atoms with van der Waals surface area (Å²) in [5, 5.41) is 2.71. The van der Waals surface area contributed by atoms with Gasteiger partial charge in [0.1, 0.15) is 16.7 Å². The Morgan fingerprint density at radius 1 is 1.00 bits per heavy atom. The van der Waals surface area contributed by atoms with E-state index in [9.17, 15) is 0 Å². The molecule has 0 bridgehead atoms. The highest BCUT2D eigenvalue weighted by Gasteiger charge is 2.05. The molecular weight excluding hydrogens is 258 g/mol. The molecule has 0 aliphatic rings. The third kappa shape index (κ3) is 2.40. The van der Waals surface area contributed by atoms with Gasteiger partial charge in [-0.2, -0.15) is 0 Å². The van der Waals surface area contributed by atoms with Crippen molar-refractivity contribution in [2.45, 2.75) is 6.92 Å². The topological polar surface area (TPSA) is 22.1 Å². The molecule has 0 N–H and O–H groups in total. The third-order valence-corrected chi connectivity index (χ3v) is 3.23. The molecule has 2 aromatic carbocycles. The number of aromatic nitrogens is 1. The number of pyridine rings is 1. The Hall–Kier alpha value is -2.06. The Morgan fingerprint density at radius 2 is 1.79 bits per heavy atom. The maximum absolute atomic E-state index is 5.90. The lowest BCUT2D eigenvalue weighted by Crippen LogP contribution is -1.88. The van der Waals surface area contributed by atoms with Crippen molar-refractivity contribution in [3.05, 3.63) is 65.4 Å². The zero-order chi connectivity index (χ0) is 13.2. The number of rotatable bonds is 2. The summed E-state index contributed by atoms with van der Waals surface area (Å²) in [5.41, 5.74) is 1.23. The molecule has 0 saturated heterocycles. The van der Waals surface area contributed by atoms with Crippen molar-refractivity contribution >= 4 is 22.4 Å². The van der Waals surface area contributed by atoms with Gasteiger partial charge >= 0.3 is 0 Å². The average molecular weight is 270 g/mol. The molecule has 19 heavy (non-hydrogen) atoms. The zero-order valence-electron chi connectivity index (χ0n) is 10.4. The summed E-state index contributed by atoms with van der Waals surface area (Å²) in [6.45, 7) is 2.09. The van der Waals surface area contributed by atoms with E-state index in [2.05, 4.69) is 30.1 Å². The van der Waals surface area contributed by atoms with Crippen LogP contribution in [0, 0.1) is 6.92 Å². The lowest BCUT2D eigenvalue weighted by molar-refractivity contribution is 0.487. The lowest BCUT2D eigenvalue weighted by atomic mass is 10.0. The first-order chi connectivity index (χ1) is 9.24. The van der Waals surface area contributed by atoms with Crippen LogP contribution in [0.25, 0.3) is 10.8 Å². The van der Waals surface area contributed by atoms with Gasteiger partial charge in [0.15, 0.2) is 0 Å². The first-order valence-corrected chi connectivity index (χ1v) is 6.39. The van der Waals surface area contributed by atoms with Crippen LogP contribution in [0.15, 0.2) is 54.7 Å². The number of halogens is 1. The smallest absolute Gasteiger partial charge is 0.135 e. The Labute approximate surface area is 116 Å². The molecule has 0 saturated carbocycles. The second kappa shape index (κ2) is 4.90. The summed E-state index contributed by atoms with van der Waals surface area (Å²) in [5.74, 6) is 1.51. The van der Waals surface area contributed by atoms with E-state index in [1.54, 1.807) is 18.3 Å². The fourth-order valence-electron chi connectivity index (χ4n) is 2.09. The van der Waals surface area contributed by atoms with E-state index >= 15 is 0 Å². The van der Waals surface area contributed by atoms with Gasteiger partial charge in [-0.1, -0.05) is 41.9 Å². The van der Waals surface area contributed by atoms with Gasteiger partial charge in [-0.05, 0) is 30.0 Å². The van der Waals surface area contributed by atoms with Crippen molar-refractivity contribution in [2.75, 3.05) is 0 Å². The Balaban J connectivity index is 2.09. The van der Waals surface area contributed by atoms with Crippen LogP contribution in [-0.2, 0) is 0 Å².